The molecule has 0 saturated heterocycles. The Bertz CT molecular complexity index is 1130. The molecule has 0 fully saturated rings. The number of fused-ring (bicyclic) bond motifs is 1. The number of carbonyl (C=O) groups is 1. The van der Waals surface area contributed by atoms with E-state index in [4.69, 9.17) is 5.73 Å². The molecule has 1 amide bonds. The average molecular weight is 358 g/mol. The summed E-state index contributed by atoms with van der Waals surface area (Å²) >= 11 is 0. The van der Waals surface area contributed by atoms with E-state index >= 15 is 4.39 Å². The normalized spacial score (nSPS) is 10.7. The Morgan fingerprint density at radius 1 is 0.963 bits per heavy atom. The predicted molar refractivity (Wildman–Crippen MR) is 103 cm³/mol. The predicted octanol–water partition coefficient (Wildman–Crippen LogP) is 4.28. The molecule has 27 heavy (non-hydrogen) atoms. The van der Waals surface area contributed by atoms with Crippen molar-refractivity contribution in [1.29, 1.82) is 0 Å². The van der Waals surface area contributed by atoms with Crippen LogP contribution in [0.2, 0.25) is 0 Å². The summed E-state index contributed by atoms with van der Waals surface area (Å²) in [4.78, 5) is 19.7. The molecule has 2 heterocycles. The van der Waals surface area contributed by atoms with Crippen molar-refractivity contribution in [2.24, 2.45) is 5.73 Å². The van der Waals surface area contributed by atoms with E-state index in [0.29, 0.717) is 27.7 Å². The highest BCUT2D eigenvalue weighted by Crippen LogP contribution is 2.34. The maximum Gasteiger partial charge on any atom is 0.248 e. The molecular formula is C21H15FN4O. The van der Waals surface area contributed by atoms with Gasteiger partial charge in [0.2, 0.25) is 5.91 Å². The number of amides is 1. The Morgan fingerprint density at radius 2 is 1.67 bits per heavy atom. The van der Waals surface area contributed by atoms with Gasteiger partial charge in [0, 0.05) is 34.6 Å². The third-order valence-electron chi connectivity index (χ3n) is 4.23. The molecule has 6 heteroatoms. The number of para-hydroxylation sites is 1. The molecule has 0 aliphatic heterocycles. The molecule has 0 unspecified atom stereocenters. The second kappa shape index (κ2) is 6.84. The number of benzene rings is 2. The van der Waals surface area contributed by atoms with Crippen molar-refractivity contribution in [3.8, 4) is 11.3 Å². The lowest BCUT2D eigenvalue weighted by atomic mass is 10.0. The molecule has 0 aliphatic rings. The van der Waals surface area contributed by atoms with Gasteiger partial charge in [0.05, 0.1) is 11.2 Å². The van der Waals surface area contributed by atoms with Crippen molar-refractivity contribution < 1.29 is 9.18 Å². The number of pyridine rings is 2. The standard InChI is InChI=1S/C21H15FN4O/c22-18-19(13-5-7-14(8-6-13)21(23)27)26-17-4-2-1-3-16(17)20(18)25-15-9-11-24-12-10-15/h1-12H,(H2,23,27)(H,24,25,26). The van der Waals surface area contributed by atoms with Crippen LogP contribution >= 0.6 is 0 Å². The first-order valence-corrected chi connectivity index (χ1v) is 8.29. The minimum Gasteiger partial charge on any atom is -0.366 e. The lowest BCUT2D eigenvalue weighted by Gasteiger charge is -2.14. The first-order valence-electron chi connectivity index (χ1n) is 8.29. The molecular weight excluding hydrogens is 343 g/mol. The minimum absolute atomic E-state index is 0.196. The van der Waals surface area contributed by atoms with Crippen molar-refractivity contribution in [2.75, 3.05) is 5.32 Å². The third kappa shape index (κ3) is 3.20. The Labute approximate surface area is 154 Å². The molecule has 5 nitrogen and oxygen atoms in total. The van der Waals surface area contributed by atoms with Crippen molar-refractivity contribution in [3.05, 3.63) is 84.4 Å². The summed E-state index contributed by atoms with van der Waals surface area (Å²) in [6.07, 6.45) is 3.26. The summed E-state index contributed by atoms with van der Waals surface area (Å²) in [6, 6.07) is 17.2. The number of primary amides is 1. The fraction of sp³-hybridized carbons (Fsp3) is 0. The summed E-state index contributed by atoms with van der Waals surface area (Å²) in [5.41, 5.74) is 8.09. The zero-order valence-electron chi connectivity index (χ0n) is 14.2. The largest absolute Gasteiger partial charge is 0.366 e. The summed E-state index contributed by atoms with van der Waals surface area (Å²) in [6.45, 7) is 0. The van der Waals surface area contributed by atoms with Gasteiger partial charge in [0.15, 0.2) is 5.82 Å². The van der Waals surface area contributed by atoms with Gasteiger partial charge in [-0.25, -0.2) is 9.37 Å². The van der Waals surface area contributed by atoms with Crippen molar-refractivity contribution in [1.82, 2.24) is 9.97 Å². The SMILES string of the molecule is NC(=O)c1ccc(-c2nc3ccccc3c(Nc3ccncc3)c2F)cc1. The van der Waals surface area contributed by atoms with Crippen LogP contribution in [0.3, 0.4) is 0 Å². The molecule has 0 atom stereocenters. The molecule has 0 spiro atoms. The van der Waals surface area contributed by atoms with Gasteiger partial charge in [-0.15, -0.1) is 0 Å². The quantitative estimate of drug-likeness (QED) is 0.571. The molecule has 132 valence electrons. The molecule has 4 aromatic rings. The maximum absolute atomic E-state index is 15.4. The fourth-order valence-corrected chi connectivity index (χ4v) is 2.87. The second-order valence-electron chi connectivity index (χ2n) is 5.97. The van der Waals surface area contributed by atoms with Crippen LogP contribution in [0, 0.1) is 5.82 Å². The van der Waals surface area contributed by atoms with Gasteiger partial charge in [0.25, 0.3) is 0 Å². The van der Waals surface area contributed by atoms with E-state index in [-0.39, 0.29) is 5.69 Å². The van der Waals surface area contributed by atoms with E-state index in [1.165, 1.54) is 0 Å². The minimum atomic E-state index is -0.534. The van der Waals surface area contributed by atoms with Crippen LogP contribution in [-0.4, -0.2) is 15.9 Å². The van der Waals surface area contributed by atoms with E-state index in [2.05, 4.69) is 15.3 Å². The van der Waals surface area contributed by atoms with E-state index < -0.39 is 11.7 Å². The zero-order valence-corrected chi connectivity index (χ0v) is 14.2. The zero-order chi connectivity index (χ0) is 18.8. The van der Waals surface area contributed by atoms with Crippen LogP contribution in [0.15, 0.2) is 73.1 Å². The Hall–Kier alpha value is -3.80. The molecule has 0 saturated carbocycles. The lowest BCUT2D eigenvalue weighted by molar-refractivity contribution is 0.100. The number of carbonyl (C=O) groups excluding carboxylic acids is 1. The van der Waals surface area contributed by atoms with Gasteiger partial charge in [-0.2, -0.15) is 0 Å². The highest BCUT2D eigenvalue weighted by atomic mass is 19.1. The van der Waals surface area contributed by atoms with Crippen molar-refractivity contribution in [3.63, 3.8) is 0 Å². The summed E-state index contributed by atoms with van der Waals surface area (Å²) in [5, 5.41) is 3.80. The molecule has 0 bridgehead atoms. The first kappa shape index (κ1) is 16.7. The second-order valence-corrected chi connectivity index (χ2v) is 5.97. The lowest BCUT2D eigenvalue weighted by Crippen LogP contribution is -2.10. The molecule has 0 radical (unpaired) electrons. The van der Waals surface area contributed by atoms with Gasteiger partial charge in [-0.05, 0) is 30.3 Å². The highest BCUT2D eigenvalue weighted by molar-refractivity contribution is 5.96. The van der Waals surface area contributed by atoms with Gasteiger partial charge in [-0.3, -0.25) is 9.78 Å². The smallest absolute Gasteiger partial charge is 0.248 e. The average Bonchev–Trinajstić information content (AvgIpc) is 2.71. The van der Waals surface area contributed by atoms with Crippen molar-refractivity contribution >= 4 is 28.2 Å². The topological polar surface area (TPSA) is 80.9 Å². The molecule has 0 aliphatic carbocycles. The van der Waals surface area contributed by atoms with Gasteiger partial charge >= 0.3 is 0 Å². The fourth-order valence-electron chi connectivity index (χ4n) is 2.87. The van der Waals surface area contributed by atoms with E-state index in [9.17, 15) is 4.79 Å². The number of nitrogens with zero attached hydrogens (tertiary/aromatic N) is 2. The van der Waals surface area contributed by atoms with Crippen molar-refractivity contribution in [2.45, 2.75) is 0 Å². The molecule has 4 rings (SSSR count). The van der Waals surface area contributed by atoms with E-state index in [1.807, 2.05) is 24.3 Å². The number of hydrogen-bond donors (Lipinski definition) is 2. The van der Waals surface area contributed by atoms with Crippen LogP contribution in [0.1, 0.15) is 10.4 Å². The number of hydrogen-bond acceptors (Lipinski definition) is 4. The maximum atomic E-state index is 15.4. The monoisotopic (exact) mass is 358 g/mol. The van der Waals surface area contributed by atoms with E-state index in [0.717, 1.165) is 5.69 Å². The number of anilines is 2. The van der Waals surface area contributed by atoms with Crippen LogP contribution in [0.4, 0.5) is 15.8 Å². The molecule has 2 aromatic heterocycles. The van der Waals surface area contributed by atoms with Gasteiger partial charge in [0.1, 0.15) is 5.69 Å². The number of halogens is 1. The van der Waals surface area contributed by atoms with Gasteiger partial charge in [-0.1, -0.05) is 30.3 Å². The number of aromatic nitrogens is 2. The first-order chi connectivity index (χ1) is 13.1. The number of nitrogens with two attached hydrogens (primary N) is 1. The third-order valence-corrected chi connectivity index (χ3v) is 4.23. The number of rotatable bonds is 4. The Morgan fingerprint density at radius 3 is 2.37 bits per heavy atom. The summed E-state index contributed by atoms with van der Waals surface area (Å²) in [5.74, 6) is -1.01. The molecule has 3 N–H and O–H groups in total. The molecule has 2 aromatic carbocycles. The van der Waals surface area contributed by atoms with Crippen LogP contribution < -0.4 is 11.1 Å². The number of nitrogens with one attached hydrogen (secondary N) is 1. The van der Waals surface area contributed by atoms with E-state index in [1.54, 1.807) is 48.8 Å². The Balaban J connectivity index is 1.89. The highest BCUT2D eigenvalue weighted by Gasteiger charge is 2.17. The van der Waals surface area contributed by atoms with Crippen LogP contribution in [-0.2, 0) is 0 Å². The Kier molecular flexibility index (Phi) is 4.22. The summed E-state index contributed by atoms with van der Waals surface area (Å²) in [7, 11) is 0. The summed E-state index contributed by atoms with van der Waals surface area (Å²) < 4.78 is 15.4. The van der Waals surface area contributed by atoms with Crippen LogP contribution in [0.5, 0.6) is 0 Å². The van der Waals surface area contributed by atoms with Crippen LogP contribution in [0.25, 0.3) is 22.2 Å². The van der Waals surface area contributed by atoms with Gasteiger partial charge < -0.3 is 11.1 Å².